The SMILES string of the molecule is C/C(=N\Nc1nnc(SCC(=O)Nc2ccc(OC(F)(F)F)cc2)n1N)c1cccs1. The van der Waals surface area contributed by atoms with E-state index in [9.17, 15) is 18.0 Å². The second-order valence-corrected chi connectivity index (χ2v) is 7.76. The van der Waals surface area contributed by atoms with Gasteiger partial charge in [-0.05, 0) is 42.6 Å². The summed E-state index contributed by atoms with van der Waals surface area (Å²) in [5.41, 5.74) is 3.79. The van der Waals surface area contributed by atoms with Crippen LogP contribution in [-0.4, -0.2) is 38.6 Å². The minimum Gasteiger partial charge on any atom is -0.406 e. The van der Waals surface area contributed by atoms with Gasteiger partial charge in [0.2, 0.25) is 11.1 Å². The number of nitrogen functional groups attached to an aromatic ring is 1. The third-order valence-corrected chi connectivity index (χ3v) is 5.49. The van der Waals surface area contributed by atoms with E-state index in [1.54, 1.807) is 11.3 Å². The van der Waals surface area contributed by atoms with Crippen LogP contribution in [0.2, 0.25) is 0 Å². The van der Waals surface area contributed by atoms with Gasteiger partial charge in [0.25, 0.3) is 5.95 Å². The molecule has 0 unspecified atom stereocenters. The first kappa shape index (κ1) is 22.4. The molecule has 3 aromatic rings. The number of aromatic nitrogens is 3. The predicted octanol–water partition coefficient (Wildman–Crippen LogP) is 3.52. The lowest BCUT2D eigenvalue weighted by Crippen LogP contribution is -2.18. The van der Waals surface area contributed by atoms with Crippen LogP contribution in [0.25, 0.3) is 0 Å². The number of halogens is 3. The van der Waals surface area contributed by atoms with Gasteiger partial charge in [0.15, 0.2) is 0 Å². The van der Waals surface area contributed by atoms with Gasteiger partial charge in [-0.25, -0.2) is 10.1 Å². The van der Waals surface area contributed by atoms with Gasteiger partial charge in [0, 0.05) is 10.6 Å². The zero-order chi connectivity index (χ0) is 22.4. The van der Waals surface area contributed by atoms with E-state index >= 15 is 0 Å². The molecule has 0 atom stereocenters. The summed E-state index contributed by atoms with van der Waals surface area (Å²) in [5, 5.41) is 16.7. The number of hydrazone groups is 1. The molecule has 9 nitrogen and oxygen atoms in total. The Bertz CT molecular complexity index is 1050. The molecule has 0 radical (unpaired) electrons. The molecule has 1 aromatic carbocycles. The fourth-order valence-electron chi connectivity index (χ4n) is 2.19. The Balaban J connectivity index is 1.51. The monoisotopic (exact) mass is 471 g/mol. The number of carbonyl (C=O) groups is 1. The summed E-state index contributed by atoms with van der Waals surface area (Å²) >= 11 is 2.57. The number of ether oxygens (including phenoxy) is 1. The first-order chi connectivity index (χ1) is 14.7. The highest BCUT2D eigenvalue weighted by molar-refractivity contribution is 7.99. The van der Waals surface area contributed by atoms with Crippen molar-refractivity contribution in [2.45, 2.75) is 18.4 Å². The topological polar surface area (TPSA) is 119 Å². The summed E-state index contributed by atoms with van der Waals surface area (Å²) in [6.07, 6.45) is -4.78. The van der Waals surface area contributed by atoms with E-state index in [2.05, 4.69) is 30.8 Å². The highest BCUT2D eigenvalue weighted by Crippen LogP contribution is 2.24. The van der Waals surface area contributed by atoms with Crippen molar-refractivity contribution in [1.29, 1.82) is 0 Å². The minimum atomic E-state index is -4.78. The molecule has 31 heavy (non-hydrogen) atoms. The lowest BCUT2D eigenvalue weighted by molar-refractivity contribution is -0.274. The number of nitrogens with zero attached hydrogens (tertiary/aromatic N) is 4. The number of anilines is 2. The number of nitrogens with one attached hydrogen (secondary N) is 2. The fourth-order valence-corrected chi connectivity index (χ4v) is 3.53. The van der Waals surface area contributed by atoms with Crippen LogP contribution in [0.5, 0.6) is 5.75 Å². The van der Waals surface area contributed by atoms with E-state index in [1.807, 2.05) is 24.4 Å². The Morgan fingerprint density at radius 2 is 2.03 bits per heavy atom. The highest BCUT2D eigenvalue weighted by Gasteiger charge is 2.30. The maximum Gasteiger partial charge on any atom is 0.573 e. The number of thioether (sulfide) groups is 1. The van der Waals surface area contributed by atoms with E-state index in [4.69, 9.17) is 5.84 Å². The summed E-state index contributed by atoms with van der Waals surface area (Å²) in [4.78, 5) is 13.1. The molecule has 2 aromatic heterocycles. The number of hydrogen-bond acceptors (Lipinski definition) is 9. The Morgan fingerprint density at radius 1 is 1.29 bits per heavy atom. The van der Waals surface area contributed by atoms with Gasteiger partial charge in [-0.15, -0.1) is 34.7 Å². The van der Waals surface area contributed by atoms with Gasteiger partial charge in [-0.3, -0.25) is 4.79 Å². The number of hydrogen-bond donors (Lipinski definition) is 3. The number of amides is 1. The van der Waals surface area contributed by atoms with Crippen molar-refractivity contribution < 1.29 is 22.7 Å². The standard InChI is InChI=1S/C17H16F3N7O2S2/c1-10(13-3-2-8-30-13)23-24-15-25-26-16(27(15)21)31-9-14(28)22-11-4-6-12(7-5-11)29-17(18,19)20/h2-8H,9,21H2,1H3,(H,22,28)(H,24,25)/b23-10+. The van der Waals surface area contributed by atoms with Crippen LogP contribution in [0, 0.1) is 0 Å². The summed E-state index contributed by atoms with van der Waals surface area (Å²) in [6.45, 7) is 1.83. The second kappa shape index (κ2) is 9.70. The van der Waals surface area contributed by atoms with Crippen molar-refractivity contribution in [3.63, 3.8) is 0 Å². The van der Waals surface area contributed by atoms with Crippen molar-refractivity contribution in [2.24, 2.45) is 5.10 Å². The first-order valence-corrected chi connectivity index (χ1v) is 10.4. The molecule has 4 N–H and O–H groups in total. The average molecular weight is 471 g/mol. The number of alkyl halides is 3. The molecule has 0 saturated heterocycles. The van der Waals surface area contributed by atoms with Crippen LogP contribution in [0.4, 0.5) is 24.8 Å². The number of carbonyl (C=O) groups excluding carboxylic acids is 1. The summed E-state index contributed by atoms with van der Waals surface area (Å²) in [7, 11) is 0. The predicted molar refractivity (Wildman–Crippen MR) is 113 cm³/mol. The van der Waals surface area contributed by atoms with Gasteiger partial charge in [0.1, 0.15) is 5.75 Å². The Morgan fingerprint density at radius 3 is 2.68 bits per heavy atom. The van der Waals surface area contributed by atoms with Crippen LogP contribution in [0.1, 0.15) is 11.8 Å². The number of nitrogens with two attached hydrogens (primary N) is 1. The van der Waals surface area contributed by atoms with E-state index in [0.29, 0.717) is 5.69 Å². The van der Waals surface area contributed by atoms with Gasteiger partial charge in [0.05, 0.1) is 11.5 Å². The third-order valence-electron chi connectivity index (χ3n) is 3.57. The molecular formula is C17H16F3N7O2S2. The Hall–Kier alpha value is -3.26. The zero-order valence-electron chi connectivity index (χ0n) is 15.9. The molecule has 1 amide bonds. The lowest BCUT2D eigenvalue weighted by Gasteiger charge is -2.10. The van der Waals surface area contributed by atoms with Crippen molar-refractivity contribution in [1.82, 2.24) is 14.9 Å². The molecule has 0 spiro atoms. The molecule has 0 saturated carbocycles. The Labute approximate surface area is 182 Å². The molecule has 0 bridgehead atoms. The normalized spacial score (nSPS) is 11.9. The second-order valence-electron chi connectivity index (χ2n) is 5.87. The van der Waals surface area contributed by atoms with Crippen molar-refractivity contribution in [2.75, 3.05) is 22.3 Å². The van der Waals surface area contributed by atoms with Crippen molar-refractivity contribution >= 4 is 46.4 Å². The zero-order valence-corrected chi connectivity index (χ0v) is 17.5. The van der Waals surface area contributed by atoms with Crippen LogP contribution in [0.15, 0.2) is 52.0 Å². The van der Waals surface area contributed by atoms with E-state index in [0.717, 1.165) is 39.2 Å². The van der Waals surface area contributed by atoms with Gasteiger partial charge in [-0.2, -0.15) is 5.10 Å². The van der Waals surface area contributed by atoms with Crippen LogP contribution in [0.3, 0.4) is 0 Å². The summed E-state index contributed by atoms with van der Waals surface area (Å²) in [6, 6.07) is 8.63. The number of benzene rings is 1. The first-order valence-electron chi connectivity index (χ1n) is 8.54. The minimum absolute atomic E-state index is 0.0480. The maximum absolute atomic E-state index is 12.2. The van der Waals surface area contributed by atoms with Crippen molar-refractivity contribution in [3.8, 4) is 5.75 Å². The number of rotatable bonds is 8. The lowest BCUT2D eigenvalue weighted by atomic mass is 10.3. The van der Waals surface area contributed by atoms with Crippen LogP contribution in [-0.2, 0) is 4.79 Å². The molecule has 0 aliphatic carbocycles. The third kappa shape index (κ3) is 6.62. The highest BCUT2D eigenvalue weighted by atomic mass is 32.2. The van der Waals surface area contributed by atoms with Crippen LogP contribution < -0.4 is 21.3 Å². The van der Waals surface area contributed by atoms with E-state index in [-0.39, 0.29) is 22.6 Å². The summed E-state index contributed by atoms with van der Waals surface area (Å²) < 4.78 is 41.4. The molecular weight excluding hydrogens is 455 g/mol. The molecule has 0 aliphatic heterocycles. The molecule has 3 rings (SSSR count). The summed E-state index contributed by atoms with van der Waals surface area (Å²) in [5.74, 6) is 5.28. The average Bonchev–Trinajstić information content (AvgIpc) is 3.35. The fraction of sp³-hybridized carbons (Fsp3) is 0.176. The number of thiophene rings is 1. The maximum atomic E-state index is 12.2. The van der Waals surface area contributed by atoms with Gasteiger partial charge >= 0.3 is 6.36 Å². The molecule has 14 heteroatoms. The van der Waals surface area contributed by atoms with Crippen LogP contribution >= 0.6 is 23.1 Å². The van der Waals surface area contributed by atoms with E-state index < -0.39 is 12.3 Å². The van der Waals surface area contributed by atoms with Crippen molar-refractivity contribution in [3.05, 3.63) is 46.7 Å². The molecule has 2 heterocycles. The van der Waals surface area contributed by atoms with Gasteiger partial charge in [-0.1, -0.05) is 17.8 Å². The molecule has 164 valence electrons. The van der Waals surface area contributed by atoms with Gasteiger partial charge < -0.3 is 15.9 Å². The largest absolute Gasteiger partial charge is 0.573 e. The smallest absolute Gasteiger partial charge is 0.406 e. The quantitative estimate of drug-likeness (QED) is 0.199. The Kier molecular flexibility index (Phi) is 7.02. The van der Waals surface area contributed by atoms with E-state index in [1.165, 1.54) is 12.1 Å². The molecule has 0 fully saturated rings. The molecule has 0 aliphatic rings.